The van der Waals surface area contributed by atoms with Crippen LogP contribution in [-0.4, -0.2) is 5.51 Å². The maximum atomic E-state index is 12.5. The molecular formula is C13H7F3N4S. The third-order valence-corrected chi connectivity index (χ3v) is 3.01. The predicted octanol–water partition coefficient (Wildman–Crippen LogP) is 3.84. The van der Waals surface area contributed by atoms with Gasteiger partial charge in [-0.15, -0.1) is 0 Å². The van der Waals surface area contributed by atoms with Crippen LogP contribution >= 0.6 is 11.8 Å². The Labute approximate surface area is 123 Å². The molecule has 0 amide bonds. The molecule has 0 spiro atoms. The van der Waals surface area contributed by atoms with Gasteiger partial charge in [0.1, 0.15) is 23.9 Å². The molecule has 106 valence electrons. The van der Waals surface area contributed by atoms with Crippen molar-refractivity contribution in [2.75, 3.05) is 5.32 Å². The fraction of sp³-hybridized carbons (Fsp3) is 0.154. The molecule has 0 aliphatic carbocycles. The van der Waals surface area contributed by atoms with Gasteiger partial charge in [-0.3, -0.25) is 0 Å². The van der Waals surface area contributed by atoms with E-state index in [0.29, 0.717) is 5.56 Å². The summed E-state index contributed by atoms with van der Waals surface area (Å²) in [7, 11) is 0. The van der Waals surface area contributed by atoms with Crippen molar-refractivity contribution in [3.8, 4) is 18.2 Å². The quantitative estimate of drug-likeness (QED) is 0.677. The number of rotatable bonds is 3. The van der Waals surface area contributed by atoms with Crippen LogP contribution < -0.4 is 5.32 Å². The third-order valence-electron chi connectivity index (χ3n) is 2.21. The first kappa shape index (κ1) is 16.4. The predicted molar refractivity (Wildman–Crippen MR) is 70.6 cm³/mol. The summed E-state index contributed by atoms with van der Waals surface area (Å²) in [5, 5.41) is 28.7. The monoisotopic (exact) mass is 308 g/mol. The molecule has 0 radical (unpaired) electrons. The minimum atomic E-state index is -4.49. The van der Waals surface area contributed by atoms with Gasteiger partial charge in [-0.05, 0) is 36.4 Å². The van der Waals surface area contributed by atoms with Gasteiger partial charge >= 0.3 is 5.51 Å². The highest BCUT2D eigenvalue weighted by Gasteiger charge is 2.30. The molecule has 0 aliphatic heterocycles. The lowest BCUT2D eigenvalue weighted by atomic mass is 10.2. The lowest BCUT2D eigenvalue weighted by Gasteiger charge is -2.13. The Kier molecular flexibility index (Phi) is 5.24. The number of aryl methyl sites for hydroxylation is 1. The number of halogens is 3. The van der Waals surface area contributed by atoms with Crippen LogP contribution in [0.1, 0.15) is 5.56 Å². The van der Waals surface area contributed by atoms with Crippen molar-refractivity contribution < 1.29 is 13.2 Å². The molecule has 21 heavy (non-hydrogen) atoms. The second-order valence-corrected chi connectivity index (χ2v) is 4.86. The van der Waals surface area contributed by atoms with Crippen LogP contribution in [0.4, 0.5) is 18.9 Å². The number of hydrogen-bond donors (Lipinski definition) is 1. The summed E-state index contributed by atoms with van der Waals surface area (Å²) >= 11 is -0.345. The third kappa shape index (κ3) is 4.76. The maximum absolute atomic E-state index is 12.5. The molecule has 0 saturated carbocycles. The van der Waals surface area contributed by atoms with Crippen molar-refractivity contribution in [3.63, 3.8) is 0 Å². The van der Waals surface area contributed by atoms with Gasteiger partial charge in [-0.2, -0.15) is 29.0 Å². The van der Waals surface area contributed by atoms with Crippen LogP contribution in [0.2, 0.25) is 0 Å². The number of anilines is 1. The van der Waals surface area contributed by atoms with Gasteiger partial charge in [0.05, 0.1) is 5.69 Å². The molecule has 1 N–H and O–H groups in total. The summed E-state index contributed by atoms with van der Waals surface area (Å²) in [5.74, 6) is 0. The van der Waals surface area contributed by atoms with Gasteiger partial charge in [0.25, 0.3) is 0 Å². The van der Waals surface area contributed by atoms with Gasteiger partial charge in [0.2, 0.25) is 0 Å². The van der Waals surface area contributed by atoms with Crippen LogP contribution in [0.3, 0.4) is 0 Å². The smallest absolute Gasteiger partial charge is 0.344 e. The normalized spacial score (nSPS) is 9.95. The second-order valence-electron chi connectivity index (χ2n) is 3.76. The van der Waals surface area contributed by atoms with Gasteiger partial charge in [0, 0.05) is 4.90 Å². The van der Waals surface area contributed by atoms with Crippen molar-refractivity contribution >= 4 is 17.4 Å². The standard InChI is InChI=1S/C13H7F3N4S/c1-8-2-3-12(21-13(14,15)16)10(4-8)20-11(7-19)9(5-17)6-18/h2-4,20H,1H3. The average molecular weight is 308 g/mol. The average Bonchev–Trinajstić information content (AvgIpc) is 2.40. The highest BCUT2D eigenvalue weighted by Crippen LogP contribution is 2.41. The molecule has 1 aromatic carbocycles. The Balaban J connectivity index is 3.28. The lowest BCUT2D eigenvalue weighted by molar-refractivity contribution is -0.0327. The summed E-state index contributed by atoms with van der Waals surface area (Å²) in [6.07, 6.45) is 0. The van der Waals surface area contributed by atoms with Crippen molar-refractivity contribution in [2.45, 2.75) is 17.3 Å². The summed E-state index contributed by atoms with van der Waals surface area (Å²) in [5.41, 5.74) is -4.71. The highest BCUT2D eigenvalue weighted by molar-refractivity contribution is 8.00. The molecule has 0 aromatic heterocycles. The SMILES string of the molecule is Cc1ccc(SC(F)(F)F)c(NC(C#N)=C(C#N)C#N)c1. The fourth-order valence-corrected chi connectivity index (χ4v) is 1.98. The first-order valence-electron chi connectivity index (χ1n) is 5.38. The Morgan fingerprint density at radius 2 is 1.76 bits per heavy atom. The van der Waals surface area contributed by atoms with E-state index >= 15 is 0 Å². The minimum Gasteiger partial charge on any atom is -0.344 e. The number of alkyl halides is 3. The molecule has 0 unspecified atom stereocenters. The van der Waals surface area contributed by atoms with E-state index in [9.17, 15) is 13.2 Å². The first-order valence-corrected chi connectivity index (χ1v) is 6.20. The molecular weight excluding hydrogens is 301 g/mol. The Morgan fingerprint density at radius 1 is 1.14 bits per heavy atom. The van der Waals surface area contributed by atoms with Crippen LogP contribution in [0.15, 0.2) is 34.4 Å². The molecule has 8 heteroatoms. The van der Waals surface area contributed by atoms with E-state index < -0.39 is 16.8 Å². The zero-order valence-corrected chi connectivity index (χ0v) is 11.4. The number of nitrogens with zero attached hydrogens (tertiary/aromatic N) is 3. The number of nitrogens with one attached hydrogen (secondary N) is 1. The Bertz CT molecular complexity index is 686. The molecule has 1 aromatic rings. The van der Waals surface area contributed by atoms with Crippen molar-refractivity contribution in [2.24, 2.45) is 0 Å². The zero-order chi connectivity index (χ0) is 16.0. The largest absolute Gasteiger partial charge is 0.446 e. The molecule has 0 fully saturated rings. The zero-order valence-electron chi connectivity index (χ0n) is 10.6. The van der Waals surface area contributed by atoms with E-state index in [1.54, 1.807) is 13.0 Å². The highest BCUT2D eigenvalue weighted by atomic mass is 32.2. The van der Waals surface area contributed by atoms with Gasteiger partial charge in [-0.1, -0.05) is 6.07 Å². The Morgan fingerprint density at radius 3 is 2.24 bits per heavy atom. The minimum absolute atomic E-state index is 0.0110. The molecule has 0 aliphatic rings. The van der Waals surface area contributed by atoms with E-state index in [1.807, 2.05) is 0 Å². The van der Waals surface area contributed by atoms with Crippen LogP contribution in [0.25, 0.3) is 0 Å². The van der Waals surface area contributed by atoms with E-state index in [1.165, 1.54) is 30.3 Å². The topological polar surface area (TPSA) is 83.4 Å². The molecule has 0 bridgehead atoms. The summed E-state index contributed by atoms with van der Waals surface area (Å²) in [6.45, 7) is 1.67. The summed E-state index contributed by atoms with van der Waals surface area (Å²) < 4.78 is 37.5. The van der Waals surface area contributed by atoms with E-state index in [-0.39, 0.29) is 22.3 Å². The summed E-state index contributed by atoms with van der Waals surface area (Å²) in [6, 6.07) is 8.76. The van der Waals surface area contributed by atoms with Gasteiger partial charge in [-0.25, -0.2) is 0 Å². The van der Waals surface area contributed by atoms with E-state index in [2.05, 4.69) is 5.32 Å². The van der Waals surface area contributed by atoms with Crippen molar-refractivity contribution in [3.05, 3.63) is 35.0 Å². The molecule has 0 heterocycles. The van der Waals surface area contributed by atoms with Gasteiger partial charge in [0.15, 0.2) is 5.57 Å². The first-order chi connectivity index (χ1) is 9.80. The number of allylic oxidation sites excluding steroid dienone is 2. The number of nitriles is 3. The number of benzene rings is 1. The van der Waals surface area contributed by atoms with Crippen LogP contribution in [0.5, 0.6) is 0 Å². The lowest BCUT2D eigenvalue weighted by Crippen LogP contribution is -2.05. The molecule has 1 rings (SSSR count). The van der Waals surface area contributed by atoms with Crippen molar-refractivity contribution in [1.82, 2.24) is 0 Å². The van der Waals surface area contributed by atoms with Crippen molar-refractivity contribution in [1.29, 1.82) is 15.8 Å². The second kappa shape index (κ2) is 6.69. The fourth-order valence-electron chi connectivity index (χ4n) is 1.37. The maximum Gasteiger partial charge on any atom is 0.446 e. The Hall–Kier alpha value is -2.63. The van der Waals surface area contributed by atoms with Gasteiger partial charge < -0.3 is 5.32 Å². The summed E-state index contributed by atoms with van der Waals surface area (Å²) in [4.78, 5) is -0.156. The van der Waals surface area contributed by atoms with Crippen LogP contribution in [-0.2, 0) is 0 Å². The van der Waals surface area contributed by atoms with E-state index in [4.69, 9.17) is 15.8 Å². The number of thioether (sulfide) groups is 1. The molecule has 4 nitrogen and oxygen atoms in total. The molecule has 0 saturated heterocycles. The number of hydrogen-bond acceptors (Lipinski definition) is 5. The van der Waals surface area contributed by atoms with Crippen LogP contribution in [0, 0.1) is 40.9 Å². The molecule has 0 atom stereocenters. The van der Waals surface area contributed by atoms with E-state index in [0.717, 1.165) is 0 Å².